The summed E-state index contributed by atoms with van der Waals surface area (Å²) >= 11 is 0. The van der Waals surface area contributed by atoms with E-state index in [4.69, 9.17) is 9.47 Å². The number of H-pyrrole nitrogens is 1. The first-order valence-electron chi connectivity index (χ1n) is 11.6. The fraction of sp³-hybridized carbons (Fsp3) is 0.520. The number of aromatic nitrogens is 2. The largest absolute Gasteiger partial charge is 0.481 e. The summed E-state index contributed by atoms with van der Waals surface area (Å²) in [5.41, 5.74) is -0.654. The molecule has 1 aromatic heterocycles. The summed E-state index contributed by atoms with van der Waals surface area (Å²) < 4.78 is 10.9. The second-order valence-electron chi connectivity index (χ2n) is 9.57. The molecule has 9 nitrogen and oxygen atoms in total. The molecule has 2 aromatic rings. The van der Waals surface area contributed by atoms with Crippen LogP contribution >= 0.6 is 0 Å². The Balaban J connectivity index is 1.52. The quantitative estimate of drug-likeness (QED) is 0.596. The van der Waals surface area contributed by atoms with Crippen molar-refractivity contribution >= 4 is 12.1 Å². The number of aryl methyl sites for hydroxylation is 1. The van der Waals surface area contributed by atoms with Gasteiger partial charge in [0.2, 0.25) is 5.75 Å². The zero-order chi connectivity index (χ0) is 24.7. The Hall–Kier alpha value is -3.36. The average molecular weight is 472 g/mol. The molecule has 3 rings (SSSR count). The maximum absolute atomic E-state index is 12.5. The summed E-state index contributed by atoms with van der Waals surface area (Å²) in [6, 6.07) is 9.19. The van der Waals surface area contributed by atoms with E-state index in [1.807, 2.05) is 51.1 Å². The van der Waals surface area contributed by atoms with Gasteiger partial charge < -0.3 is 24.5 Å². The van der Waals surface area contributed by atoms with Crippen LogP contribution in [0.15, 0.2) is 35.1 Å². The number of carboxylic acids is 1. The lowest BCUT2D eigenvalue weighted by molar-refractivity contribution is 0.0180. The Morgan fingerprint density at radius 2 is 1.85 bits per heavy atom. The number of likely N-dealkylation sites (tertiary alicyclic amines) is 1. The molecule has 2 N–H and O–H groups in total. The predicted molar refractivity (Wildman–Crippen MR) is 126 cm³/mol. The topological polar surface area (TPSA) is 122 Å². The number of nitrogens with zero attached hydrogens (tertiary/aromatic N) is 2. The molecule has 0 radical (unpaired) electrons. The molecule has 1 aliphatic rings. The Morgan fingerprint density at radius 3 is 2.47 bits per heavy atom. The van der Waals surface area contributed by atoms with Crippen LogP contribution in [0.2, 0.25) is 0 Å². The monoisotopic (exact) mass is 471 g/mol. The summed E-state index contributed by atoms with van der Waals surface area (Å²) in [6.45, 7) is 6.96. The maximum Gasteiger partial charge on any atom is 0.410 e. The normalized spacial score (nSPS) is 14.6. The van der Waals surface area contributed by atoms with E-state index in [2.05, 4.69) is 9.97 Å². The van der Waals surface area contributed by atoms with Crippen molar-refractivity contribution in [2.75, 3.05) is 13.1 Å². The molecule has 1 aromatic carbocycles. The fourth-order valence-electron chi connectivity index (χ4n) is 3.92. The first-order chi connectivity index (χ1) is 16.1. The van der Waals surface area contributed by atoms with Crippen LogP contribution in [0.4, 0.5) is 4.79 Å². The van der Waals surface area contributed by atoms with Gasteiger partial charge in [-0.15, -0.1) is 0 Å². The SMILES string of the molecule is CC(C)(C)OC(=O)N1CCC(CCCc2nc(C(=O)O)c(OCc3ccccc3)c(=O)[nH]2)CC1. The highest BCUT2D eigenvalue weighted by Gasteiger charge is 2.27. The molecule has 2 heterocycles. The average Bonchev–Trinajstić information content (AvgIpc) is 2.78. The van der Waals surface area contributed by atoms with E-state index >= 15 is 0 Å². The maximum atomic E-state index is 12.5. The standard InChI is InChI=1S/C25H33N3O6/c1-25(2,3)34-24(32)28-14-12-17(13-15-28)10-7-11-19-26-20(23(30)31)21(22(29)27-19)33-16-18-8-5-4-6-9-18/h4-6,8-9,17H,7,10-16H2,1-3H3,(H,30,31)(H,26,27,29). The molecule has 184 valence electrons. The lowest BCUT2D eigenvalue weighted by Gasteiger charge is -2.33. The van der Waals surface area contributed by atoms with Crippen LogP contribution in [0.25, 0.3) is 0 Å². The lowest BCUT2D eigenvalue weighted by atomic mass is 9.91. The fourth-order valence-corrected chi connectivity index (χ4v) is 3.92. The molecular formula is C25H33N3O6. The van der Waals surface area contributed by atoms with Crippen molar-refractivity contribution in [3.05, 3.63) is 57.8 Å². The molecule has 34 heavy (non-hydrogen) atoms. The number of hydrogen-bond donors (Lipinski definition) is 2. The van der Waals surface area contributed by atoms with Crippen LogP contribution in [-0.4, -0.2) is 50.7 Å². The minimum absolute atomic E-state index is 0.0766. The van der Waals surface area contributed by atoms with Crippen LogP contribution in [-0.2, 0) is 17.8 Å². The van der Waals surface area contributed by atoms with Gasteiger partial charge in [0, 0.05) is 19.5 Å². The number of nitrogens with one attached hydrogen (secondary N) is 1. The smallest absolute Gasteiger partial charge is 0.410 e. The van der Waals surface area contributed by atoms with Gasteiger partial charge in [-0.25, -0.2) is 14.6 Å². The Kier molecular flexibility index (Phi) is 8.31. The van der Waals surface area contributed by atoms with Gasteiger partial charge in [-0.3, -0.25) is 4.79 Å². The van der Waals surface area contributed by atoms with Gasteiger partial charge in [0.05, 0.1) is 0 Å². The molecule has 1 fully saturated rings. The van der Waals surface area contributed by atoms with Crippen LogP contribution < -0.4 is 10.3 Å². The van der Waals surface area contributed by atoms with Crippen molar-refractivity contribution in [1.82, 2.24) is 14.9 Å². The van der Waals surface area contributed by atoms with Gasteiger partial charge >= 0.3 is 12.1 Å². The highest BCUT2D eigenvalue weighted by molar-refractivity contribution is 5.88. The zero-order valence-electron chi connectivity index (χ0n) is 20.0. The first-order valence-corrected chi connectivity index (χ1v) is 11.6. The molecule has 0 spiro atoms. The number of aromatic carboxylic acids is 1. The summed E-state index contributed by atoms with van der Waals surface area (Å²) in [6.07, 6.45) is 3.61. The van der Waals surface area contributed by atoms with E-state index in [1.165, 1.54) is 0 Å². The summed E-state index contributed by atoms with van der Waals surface area (Å²) in [7, 11) is 0. The highest BCUT2D eigenvalue weighted by Crippen LogP contribution is 2.24. The van der Waals surface area contributed by atoms with Crippen LogP contribution in [0.1, 0.15) is 68.3 Å². The Labute approximate surface area is 199 Å². The Bertz CT molecular complexity index is 1040. The van der Waals surface area contributed by atoms with Gasteiger partial charge in [-0.05, 0) is 57.9 Å². The number of carbonyl (C=O) groups excluding carboxylic acids is 1. The van der Waals surface area contributed by atoms with Crippen molar-refractivity contribution < 1.29 is 24.2 Å². The molecular weight excluding hydrogens is 438 g/mol. The summed E-state index contributed by atoms with van der Waals surface area (Å²) in [4.78, 5) is 45.0. The number of benzene rings is 1. The first kappa shape index (κ1) is 25.3. The van der Waals surface area contributed by atoms with Crippen LogP contribution in [0.5, 0.6) is 5.75 Å². The van der Waals surface area contributed by atoms with E-state index in [9.17, 15) is 19.5 Å². The van der Waals surface area contributed by atoms with Crippen molar-refractivity contribution in [3.8, 4) is 5.75 Å². The molecule has 0 unspecified atom stereocenters. The van der Waals surface area contributed by atoms with Crippen LogP contribution in [0, 0.1) is 5.92 Å². The van der Waals surface area contributed by atoms with Gasteiger partial charge in [-0.1, -0.05) is 30.3 Å². The molecule has 0 atom stereocenters. The number of carbonyl (C=O) groups is 2. The van der Waals surface area contributed by atoms with Crippen LogP contribution in [0.3, 0.4) is 0 Å². The van der Waals surface area contributed by atoms with Gasteiger partial charge in [0.15, 0.2) is 5.69 Å². The molecule has 1 saturated heterocycles. The number of aromatic amines is 1. The van der Waals surface area contributed by atoms with Crippen molar-refractivity contribution in [2.24, 2.45) is 5.92 Å². The lowest BCUT2D eigenvalue weighted by Crippen LogP contribution is -2.41. The third-order valence-electron chi connectivity index (χ3n) is 5.65. The second kappa shape index (κ2) is 11.2. The Morgan fingerprint density at radius 1 is 1.18 bits per heavy atom. The minimum atomic E-state index is -1.30. The minimum Gasteiger partial charge on any atom is -0.481 e. The second-order valence-corrected chi connectivity index (χ2v) is 9.57. The van der Waals surface area contributed by atoms with Crippen molar-refractivity contribution in [3.63, 3.8) is 0 Å². The third kappa shape index (κ3) is 7.33. The number of amides is 1. The number of piperidine rings is 1. The number of hydrogen-bond acceptors (Lipinski definition) is 6. The van der Waals surface area contributed by atoms with E-state index in [0.29, 0.717) is 31.3 Å². The molecule has 1 aliphatic heterocycles. The van der Waals surface area contributed by atoms with E-state index in [1.54, 1.807) is 4.90 Å². The van der Waals surface area contributed by atoms with Crippen molar-refractivity contribution in [1.29, 1.82) is 0 Å². The summed E-state index contributed by atoms with van der Waals surface area (Å²) in [5, 5.41) is 9.54. The summed E-state index contributed by atoms with van der Waals surface area (Å²) in [5.74, 6) is -0.793. The van der Waals surface area contributed by atoms with E-state index in [-0.39, 0.29) is 24.1 Å². The predicted octanol–water partition coefficient (Wildman–Crippen LogP) is 4.02. The van der Waals surface area contributed by atoms with E-state index < -0.39 is 17.1 Å². The molecule has 0 saturated carbocycles. The number of ether oxygens (including phenoxy) is 2. The number of carboxylic acid groups (broad SMARTS) is 1. The highest BCUT2D eigenvalue weighted by atomic mass is 16.6. The van der Waals surface area contributed by atoms with Gasteiger partial charge in [0.25, 0.3) is 5.56 Å². The molecule has 0 bridgehead atoms. The van der Waals surface area contributed by atoms with Crippen molar-refractivity contribution in [2.45, 2.75) is 65.1 Å². The van der Waals surface area contributed by atoms with Gasteiger partial charge in [-0.2, -0.15) is 0 Å². The number of rotatable bonds is 8. The van der Waals surface area contributed by atoms with E-state index in [0.717, 1.165) is 31.2 Å². The zero-order valence-corrected chi connectivity index (χ0v) is 20.0. The molecule has 1 amide bonds. The van der Waals surface area contributed by atoms with Gasteiger partial charge in [0.1, 0.15) is 18.0 Å². The molecule has 0 aliphatic carbocycles. The molecule has 9 heteroatoms. The third-order valence-corrected chi connectivity index (χ3v) is 5.65.